The zero-order valence-corrected chi connectivity index (χ0v) is 16.4. The van der Waals surface area contributed by atoms with Gasteiger partial charge in [0, 0.05) is 12.6 Å². The van der Waals surface area contributed by atoms with Crippen LogP contribution in [0, 0.1) is 0 Å². The van der Waals surface area contributed by atoms with Crippen LogP contribution in [-0.2, 0) is 7.05 Å². The van der Waals surface area contributed by atoms with E-state index in [1.807, 2.05) is 0 Å². The number of ether oxygens (including phenoxy) is 2. The van der Waals surface area contributed by atoms with Gasteiger partial charge >= 0.3 is 5.97 Å². The summed E-state index contributed by atoms with van der Waals surface area (Å²) in [5, 5.41) is 9.14. The Morgan fingerprint density at radius 1 is 1.11 bits per heavy atom. The Balaban J connectivity index is 2.15. The Bertz CT molecular complexity index is 1210. The molecular weight excluding hydrogens is 378 g/mol. The van der Waals surface area contributed by atoms with Crippen molar-refractivity contribution >= 4 is 29.5 Å². The van der Waals surface area contributed by atoms with Crippen molar-refractivity contribution in [3.05, 3.63) is 78.7 Å². The molecule has 2 aromatic carbocycles. The van der Waals surface area contributed by atoms with Gasteiger partial charge in [-0.3, -0.25) is 4.79 Å². The molecule has 0 saturated heterocycles. The molecule has 0 spiro atoms. The Morgan fingerprint density at radius 2 is 1.89 bits per heavy atom. The topological polar surface area (TPSA) is 77.8 Å². The van der Waals surface area contributed by atoms with Crippen molar-refractivity contribution in [1.29, 1.82) is 0 Å². The third-order valence-electron chi connectivity index (χ3n) is 4.21. The van der Waals surface area contributed by atoms with E-state index >= 15 is 0 Å². The first kappa shape index (κ1) is 19.4. The van der Waals surface area contributed by atoms with E-state index in [4.69, 9.17) is 14.6 Å². The van der Waals surface area contributed by atoms with Crippen molar-refractivity contribution in [2.45, 2.75) is 0 Å². The smallest absolute Gasteiger partial charge is 0.335 e. The van der Waals surface area contributed by atoms with Gasteiger partial charge in [0.05, 0.1) is 29.0 Å². The zero-order valence-electron chi connectivity index (χ0n) is 15.6. The lowest BCUT2D eigenvalue weighted by Gasteiger charge is -2.06. The molecule has 7 heteroatoms. The molecule has 1 aromatic heterocycles. The normalized spacial score (nSPS) is 12.2. The fourth-order valence-electron chi connectivity index (χ4n) is 2.71. The largest absolute Gasteiger partial charge is 0.497 e. The second kappa shape index (κ2) is 8.14. The molecule has 28 heavy (non-hydrogen) atoms. The van der Waals surface area contributed by atoms with Crippen molar-refractivity contribution < 1.29 is 19.4 Å². The van der Waals surface area contributed by atoms with Crippen LogP contribution >= 0.6 is 11.3 Å². The number of aromatic carboxylic acids is 1. The third kappa shape index (κ3) is 3.99. The van der Waals surface area contributed by atoms with E-state index in [0.29, 0.717) is 26.3 Å². The lowest BCUT2D eigenvalue weighted by atomic mass is 10.1. The number of carboxylic acid groups (broad SMARTS) is 1. The monoisotopic (exact) mass is 397 g/mol. The van der Waals surface area contributed by atoms with E-state index in [0.717, 1.165) is 5.56 Å². The van der Waals surface area contributed by atoms with Crippen molar-refractivity contribution in [1.82, 2.24) is 4.57 Å². The lowest BCUT2D eigenvalue weighted by Crippen LogP contribution is -2.28. The molecule has 1 N–H and O–H groups in total. The minimum absolute atomic E-state index is 0.143. The van der Waals surface area contributed by atoms with Crippen LogP contribution in [0.3, 0.4) is 0 Å². The second-order valence-electron chi connectivity index (χ2n) is 6.00. The number of nitrogens with zero attached hydrogens (tertiary/aromatic N) is 1. The van der Waals surface area contributed by atoms with Crippen molar-refractivity contribution in [2.24, 2.45) is 7.05 Å². The minimum Gasteiger partial charge on any atom is -0.497 e. The Labute approximate surface area is 165 Å². The number of thiazole rings is 1. The van der Waals surface area contributed by atoms with Crippen LogP contribution in [0.2, 0.25) is 0 Å². The number of hydrogen-bond acceptors (Lipinski definition) is 5. The van der Waals surface area contributed by atoms with Gasteiger partial charge in [0.25, 0.3) is 5.56 Å². The molecule has 144 valence electrons. The highest BCUT2D eigenvalue weighted by molar-refractivity contribution is 7.07. The Kier molecular flexibility index (Phi) is 5.65. The summed E-state index contributed by atoms with van der Waals surface area (Å²) in [5.41, 5.74) is 1.50. The molecule has 0 bridgehead atoms. The van der Waals surface area contributed by atoms with Gasteiger partial charge in [-0.15, -0.1) is 11.3 Å². The second-order valence-corrected chi connectivity index (χ2v) is 7.06. The molecule has 0 aliphatic rings. The number of aromatic nitrogens is 1. The Hall–Kier alpha value is -3.32. The molecule has 0 aliphatic carbocycles. The summed E-state index contributed by atoms with van der Waals surface area (Å²) in [7, 11) is 4.83. The maximum atomic E-state index is 12.7. The highest BCUT2D eigenvalue weighted by atomic mass is 32.1. The quantitative estimate of drug-likeness (QED) is 0.711. The molecule has 0 unspecified atom stereocenters. The van der Waals surface area contributed by atoms with Crippen LogP contribution in [0.4, 0.5) is 0 Å². The predicted octanol–water partition coefficient (Wildman–Crippen LogP) is 1.82. The van der Waals surface area contributed by atoms with Crippen LogP contribution in [0.5, 0.6) is 11.5 Å². The summed E-state index contributed by atoms with van der Waals surface area (Å²) in [6.07, 6.45) is 3.55. The average molecular weight is 397 g/mol. The van der Waals surface area contributed by atoms with E-state index in [2.05, 4.69) is 0 Å². The third-order valence-corrected chi connectivity index (χ3v) is 5.32. The van der Waals surface area contributed by atoms with Gasteiger partial charge in [-0.1, -0.05) is 12.1 Å². The van der Waals surface area contributed by atoms with Gasteiger partial charge in [-0.25, -0.2) is 4.79 Å². The molecule has 1 heterocycles. The summed E-state index contributed by atoms with van der Waals surface area (Å²) in [6, 6.07) is 11.9. The van der Waals surface area contributed by atoms with Crippen molar-refractivity contribution in [3.8, 4) is 11.5 Å². The van der Waals surface area contributed by atoms with Crippen LogP contribution in [0.1, 0.15) is 21.5 Å². The number of carboxylic acids is 1. The summed E-state index contributed by atoms with van der Waals surface area (Å²) in [4.78, 5) is 23.8. The van der Waals surface area contributed by atoms with Gasteiger partial charge in [0.1, 0.15) is 11.5 Å². The van der Waals surface area contributed by atoms with Crippen LogP contribution < -0.4 is 24.2 Å². The maximum Gasteiger partial charge on any atom is 0.335 e. The molecule has 0 fully saturated rings. The molecule has 3 rings (SSSR count). The molecule has 0 saturated carbocycles. The summed E-state index contributed by atoms with van der Waals surface area (Å²) in [5.74, 6) is 0.308. The predicted molar refractivity (Wildman–Crippen MR) is 109 cm³/mol. The van der Waals surface area contributed by atoms with E-state index in [1.165, 1.54) is 22.0 Å². The van der Waals surface area contributed by atoms with Crippen LogP contribution in [0.15, 0.2) is 47.3 Å². The standard InChI is InChI=1S/C21H19NO5S/c1-22-19(10-13-5-4-6-14(9-13)21(24)25)28-18(20(22)23)12-15-11-16(26-2)7-8-17(15)27-3/h4-12H,1-3H3,(H,24,25). The van der Waals surface area contributed by atoms with Gasteiger partial charge in [-0.05, 0) is 48.0 Å². The van der Waals surface area contributed by atoms with Gasteiger partial charge in [0.2, 0.25) is 0 Å². The first-order chi connectivity index (χ1) is 13.4. The number of benzene rings is 2. The van der Waals surface area contributed by atoms with Crippen molar-refractivity contribution in [3.63, 3.8) is 0 Å². The van der Waals surface area contributed by atoms with Crippen LogP contribution in [-0.4, -0.2) is 29.9 Å². The molecule has 0 radical (unpaired) electrons. The Morgan fingerprint density at radius 3 is 2.57 bits per heavy atom. The van der Waals surface area contributed by atoms with E-state index in [1.54, 1.807) is 69.8 Å². The first-order valence-electron chi connectivity index (χ1n) is 8.37. The van der Waals surface area contributed by atoms with Gasteiger partial charge in [0.15, 0.2) is 0 Å². The number of methoxy groups -OCH3 is 2. The summed E-state index contributed by atoms with van der Waals surface area (Å²) < 4.78 is 13.4. The lowest BCUT2D eigenvalue weighted by molar-refractivity contribution is 0.0697. The average Bonchev–Trinajstić information content (AvgIpc) is 2.96. The van der Waals surface area contributed by atoms with Gasteiger partial charge < -0.3 is 19.1 Å². The SMILES string of the molecule is COc1ccc(OC)c(C=c2sc(=Cc3cccc(C(=O)O)c3)n(C)c2=O)c1. The fourth-order valence-corrected chi connectivity index (χ4v) is 3.76. The summed E-state index contributed by atoms with van der Waals surface area (Å²) >= 11 is 1.32. The first-order valence-corrected chi connectivity index (χ1v) is 9.19. The van der Waals surface area contributed by atoms with Gasteiger partial charge in [-0.2, -0.15) is 0 Å². The number of hydrogen-bond donors (Lipinski definition) is 1. The number of rotatable bonds is 5. The van der Waals surface area contributed by atoms with E-state index in [9.17, 15) is 9.59 Å². The molecule has 6 nitrogen and oxygen atoms in total. The highest BCUT2D eigenvalue weighted by Gasteiger charge is 2.06. The van der Waals surface area contributed by atoms with Crippen molar-refractivity contribution in [2.75, 3.05) is 14.2 Å². The fraction of sp³-hybridized carbons (Fsp3) is 0.143. The molecule has 3 aromatic rings. The summed E-state index contributed by atoms with van der Waals surface area (Å²) in [6.45, 7) is 0. The van der Waals surface area contributed by atoms with Crippen LogP contribution in [0.25, 0.3) is 12.2 Å². The van der Waals surface area contributed by atoms with E-state index in [-0.39, 0.29) is 11.1 Å². The number of carbonyl (C=O) groups is 1. The minimum atomic E-state index is -0.991. The molecule has 0 aliphatic heterocycles. The van der Waals surface area contributed by atoms with E-state index < -0.39 is 5.97 Å². The zero-order chi connectivity index (χ0) is 20.3. The maximum absolute atomic E-state index is 12.7. The molecular formula is C21H19NO5S. The highest BCUT2D eigenvalue weighted by Crippen LogP contribution is 2.24. The molecule has 0 atom stereocenters. The molecule has 0 amide bonds.